The van der Waals surface area contributed by atoms with Gasteiger partial charge in [-0.3, -0.25) is 4.84 Å². The molecular weight excluding hydrogens is 228 g/mol. The molecule has 4 nitrogen and oxygen atoms in total. The molecule has 0 amide bonds. The number of likely N-dealkylation sites (N-methyl/N-ethyl adjacent to an activating group) is 1. The fourth-order valence-electron chi connectivity index (χ4n) is 1.28. The van der Waals surface area contributed by atoms with E-state index in [0.29, 0.717) is 12.3 Å². The van der Waals surface area contributed by atoms with Crippen LogP contribution < -0.4 is 9.57 Å². The predicted molar refractivity (Wildman–Crippen MR) is 66.0 cm³/mol. The maximum atomic E-state index is 9.58. The van der Waals surface area contributed by atoms with Gasteiger partial charge in [-0.05, 0) is 38.4 Å². The molecule has 0 heterocycles. The lowest BCUT2D eigenvalue weighted by Gasteiger charge is -2.16. The van der Waals surface area contributed by atoms with Crippen LogP contribution in [-0.4, -0.2) is 43.4 Å². The van der Waals surface area contributed by atoms with E-state index < -0.39 is 6.10 Å². The third kappa shape index (κ3) is 4.70. The highest BCUT2D eigenvalue weighted by Gasteiger charge is 2.06. The van der Waals surface area contributed by atoms with Crippen LogP contribution in [0, 0.1) is 0 Å². The van der Waals surface area contributed by atoms with Crippen molar-refractivity contribution in [1.82, 2.24) is 4.90 Å². The highest BCUT2D eigenvalue weighted by atomic mass is 35.5. The van der Waals surface area contributed by atoms with Crippen LogP contribution in [0.15, 0.2) is 24.3 Å². The van der Waals surface area contributed by atoms with Crippen molar-refractivity contribution in [3.63, 3.8) is 0 Å². The van der Waals surface area contributed by atoms with Crippen molar-refractivity contribution < 1.29 is 9.84 Å². The summed E-state index contributed by atoms with van der Waals surface area (Å²) in [5.74, 6) is 0.716. The summed E-state index contributed by atoms with van der Waals surface area (Å²) in [5.41, 5.74) is 0.808. The van der Waals surface area contributed by atoms with Crippen LogP contribution >= 0.6 is 11.8 Å². The number of anilines is 1. The zero-order chi connectivity index (χ0) is 12.0. The number of aliphatic hydroxyl groups excluding tert-OH is 1. The minimum atomic E-state index is -0.485. The zero-order valence-corrected chi connectivity index (χ0v) is 10.2. The van der Waals surface area contributed by atoms with E-state index in [4.69, 9.17) is 16.5 Å². The molecule has 1 atom stereocenters. The first-order valence-corrected chi connectivity index (χ1v) is 5.42. The number of rotatable bonds is 6. The Morgan fingerprint density at radius 1 is 1.38 bits per heavy atom. The van der Waals surface area contributed by atoms with Crippen LogP contribution in [-0.2, 0) is 0 Å². The predicted octanol–water partition coefficient (Wildman–Crippen LogP) is 1.55. The highest BCUT2D eigenvalue weighted by Crippen LogP contribution is 2.16. The molecule has 0 spiro atoms. The molecule has 0 bridgehead atoms. The Morgan fingerprint density at radius 2 is 2.00 bits per heavy atom. The second-order valence-corrected chi connectivity index (χ2v) is 4.03. The van der Waals surface area contributed by atoms with Gasteiger partial charge in [0.25, 0.3) is 0 Å². The molecule has 1 aromatic rings. The Balaban J connectivity index is 2.36. The van der Waals surface area contributed by atoms with Gasteiger partial charge in [0, 0.05) is 24.0 Å². The zero-order valence-electron chi connectivity index (χ0n) is 9.48. The molecule has 0 aromatic heterocycles. The number of nitrogens with one attached hydrogen (secondary N) is 1. The number of hydrogen-bond donors (Lipinski definition) is 2. The Morgan fingerprint density at radius 3 is 2.50 bits per heavy atom. The standard InChI is InChI=1S/C11H17ClN2O2/c1-14(2)7-10(15)8-16-11-5-3-9(13-12)4-6-11/h3-6,10,13,15H,7-8H2,1-2H3. The molecule has 1 unspecified atom stereocenters. The third-order valence-electron chi connectivity index (χ3n) is 1.98. The number of halogens is 1. The number of benzene rings is 1. The van der Waals surface area contributed by atoms with Crippen LogP contribution in [0.5, 0.6) is 5.75 Å². The van der Waals surface area contributed by atoms with Gasteiger partial charge < -0.3 is 14.7 Å². The average molecular weight is 245 g/mol. The smallest absolute Gasteiger partial charge is 0.119 e. The molecule has 1 rings (SSSR count). The summed E-state index contributed by atoms with van der Waals surface area (Å²) in [7, 11) is 3.81. The lowest BCUT2D eigenvalue weighted by atomic mass is 10.3. The monoisotopic (exact) mass is 244 g/mol. The van der Waals surface area contributed by atoms with E-state index in [2.05, 4.69) is 4.84 Å². The molecule has 2 N–H and O–H groups in total. The summed E-state index contributed by atoms with van der Waals surface area (Å²) in [4.78, 5) is 4.42. The van der Waals surface area contributed by atoms with E-state index in [1.807, 2.05) is 19.0 Å². The average Bonchev–Trinajstić information content (AvgIpc) is 2.26. The molecule has 0 radical (unpaired) electrons. The van der Waals surface area contributed by atoms with Crippen LogP contribution in [0.4, 0.5) is 5.69 Å². The Hall–Kier alpha value is -0.970. The molecule has 5 heteroatoms. The Labute approximate surface area is 101 Å². The second kappa shape index (κ2) is 6.58. The molecule has 0 fully saturated rings. The number of nitrogens with zero attached hydrogens (tertiary/aromatic N) is 1. The van der Waals surface area contributed by atoms with Crippen molar-refractivity contribution >= 4 is 17.5 Å². The van der Waals surface area contributed by atoms with Crippen LogP contribution in [0.1, 0.15) is 0 Å². The van der Waals surface area contributed by atoms with Crippen molar-refractivity contribution in [2.75, 3.05) is 32.1 Å². The van der Waals surface area contributed by atoms with Crippen molar-refractivity contribution in [2.45, 2.75) is 6.10 Å². The normalized spacial score (nSPS) is 12.6. The largest absolute Gasteiger partial charge is 0.491 e. The van der Waals surface area contributed by atoms with Gasteiger partial charge in [0.05, 0.1) is 0 Å². The molecule has 0 aliphatic heterocycles. The fourth-order valence-corrected chi connectivity index (χ4v) is 1.41. The van der Waals surface area contributed by atoms with E-state index in [0.717, 1.165) is 5.69 Å². The number of aliphatic hydroxyl groups is 1. The van der Waals surface area contributed by atoms with Crippen LogP contribution in [0.25, 0.3) is 0 Å². The van der Waals surface area contributed by atoms with E-state index in [1.54, 1.807) is 24.3 Å². The van der Waals surface area contributed by atoms with Crippen molar-refractivity contribution in [1.29, 1.82) is 0 Å². The van der Waals surface area contributed by atoms with Crippen molar-refractivity contribution in [3.8, 4) is 5.75 Å². The SMILES string of the molecule is CN(C)CC(O)COc1ccc(NCl)cc1. The van der Waals surface area contributed by atoms with Gasteiger partial charge in [0.2, 0.25) is 0 Å². The molecule has 0 aliphatic carbocycles. The lowest BCUT2D eigenvalue weighted by molar-refractivity contribution is 0.0831. The summed E-state index contributed by atoms with van der Waals surface area (Å²) in [5, 5.41) is 9.58. The fraction of sp³-hybridized carbons (Fsp3) is 0.455. The summed E-state index contributed by atoms with van der Waals surface area (Å²) in [6.07, 6.45) is -0.485. The van der Waals surface area contributed by atoms with Crippen LogP contribution in [0.2, 0.25) is 0 Å². The van der Waals surface area contributed by atoms with Gasteiger partial charge in [0.15, 0.2) is 0 Å². The molecule has 0 aliphatic rings. The van der Waals surface area contributed by atoms with Gasteiger partial charge in [-0.1, -0.05) is 0 Å². The Bertz CT molecular complexity index is 303. The van der Waals surface area contributed by atoms with E-state index in [1.165, 1.54) is 0 Å². The first kappa shape index (κ1) is 13.1. The minimum absolute atomic E-state index is 0.284. The summed E-state index contributed by atoms with van der Waals surface area (Å²) >= 11 is 5.43. The molecular formula is C11H17ClN2O2. The third-order valence-corrected chi connectivity index (χ3v) is 2.20. The van der Waals surface area contributed by atoms with E-state index >= 15 is 0 Å². The summed E-state index contributed by atoms with van der Waals surface area (Å²) < 4.78 is 5.42. The van der Waals surface area contributed by atoms with Crippen LogP contribution in [0.3, 0.4) is 0 Å². The Kier molecular flexibility index (Phi) is 5.38. The summed E-state index contributed by atoms with van der Waals surface area (Å²) in [6, 6.07) is 7.21. The maximum absolute atomic E-state index is 9.58. The highest BCUT2D eigenvalue weighted by molar-refractivity contribution is 6.23. The maximum Gasteiger partial charge on any atom is 0.119 e. The topological polar surface area (TPSA) is 44.7 Å². The van der Waals surface area contributed by atoms with Gasteiger partial charge in [-0.25, -0.2) is 0 Å². The lowest BCUT2D eigenvalue weighted by Crippen LogP contribution is -2.30. The summed E-state index contributed by atoms with van der Waals surface area (Å²) in [6.45, 7) is 0.868. The van der Waals surface area contributed by atoms with Gasteiger partial charge in [-0.15, -0.1) is 0 Å². The first-order chi connectivity index (χ1) is 7.61. The molecule has 0 saturated heterocycles. The quantitative estimate of drug-likeness (QED) is 0.746. The molecule has 1 aromatic carbocycles. The number of hydrogen-bond acceptors (Lipinski definition) is 4. The molecule has 90 valence electrons. The molecule has 16 heavy (non-hydrogen) atoms. The van der Waals surface area contributed by atoms with E-state index in [-0.39, 0.29) is 6.61 Å². The minimum Gasteiger partial charge on any atom is -0.491 e. The van der Waals surface area contributed by atoms with Gasteiger partial charge in [-0.2, -0.15) is 0 Å². The number of ether oxygens (including phenoxy) is 1. The van der Waals surface area contributed by atoms with Gasteiger partial charge in [0.1, 0.15) is 18.5 Å². The van der Waals surface area contributed by atoms with Gasteiger partial charge >= 0.3 is 0 Å². The van der Waals surface area contributed by atoms with E-state index in [9.17, 15) is 5.11 Å². The second-order valence-electron chi connectivity index (χ2n) is 3.85. The van der Waals surface area contributed by atoms with Crippen molar-refractivity contribution in [3.05, 3.63) is 24.3 Å². The van der Waals surface area contributed by atoms with Crippen molar-refractivity contribution in [2.24, 2.45) is 0 Å². The molecule has 0 saturated carbocycles. The first-order valence-electron chi connectivity index (χ1n) is 5.04.